The smallest absolute Gasteiger partial charge is 0.264 e. The van der Waals surface area contributed by atoms with Gasteiger partial charge in [0.15, 0.2) is 0 Å². The summed E-state index contributed by atoms with van der Waals surface area (Å²) in [6, 6.07) is 17.2. The van der Waals surface area contributed by atoms with Gasteiger partial charge in [0.25, 0.3) is 10.0 Å². The Labute approximate surface area is 160 Å². The molecule has 4 rings (SSSR count). The number of nitrogens with one attached hydrogen (secondary N) is 1. The fraction of sp³-hybridized carbons (Fsp3) is 0.381. The van der Waals surface area contributed by atoms with Crippen molar-refractivity contribution in [1.82, 2.24) is 5.32 Å². The van der Waals surface area contributed by atoms with Crippen LogP contribution in [0.15, 0.2) is 65.6 Å². The molecule has 2 bridgehead atoms. The SMILES string of the molecule is O=C(CN(c1ccccc1)S(=O)(=O)c1ccccc1)N[C@H]1C[C@H]2CC[C@@H]1C2. The number of hydrogen-bond acceptors (Lipinski definition) is 3. The number of amides is 1. The van der Waals surface area contributed by atoms with Crippen molar-refractivity contribution in [2.75, 3.05) is 10.8 Å². The molecule has 0 aromatic heterocycles. The number of carbonyl (C=O) groups is 1. The van der Waals surface area contributed by atoms with E-state index in [0.717, 1.165) is 12.3 Å². The molecule has 2 aliphatic carbocycles. The average molecular weight is 385 g/mol. The van der Waals surface area contributed by atoms with Gasteiger partial charge in [-0.1, -0.05) is 42.8 Å². The lowest BCUT2D eigenvalue weighted by molar-refractivity contribution is -0.120. The highest BCUT2D eigenvalue weighted by Crippen LogP contribution is 2.44. The van der Waals surface area contributed by atoms with E-state index < -0.39 is 10.0 Å². The Bertz CT molecular complexity index is 900. The summed E-state index contributed by atoms with van der Waals surface area (Å²) in [4.78, 5) is 12.9. The number of benzene rings is 2. The van der Waals surface area contributed by atoms with Gasteiger partial charge in [-0.05, 0) is 55.4 Å². The lowest BCUT2D eigenvalue weighted by Crippen LogP contribution is -2.45. The molecular weight excluding hydrogens is 360 g/mol. The Morgan fingerprint density at radius 3 is 2.22 bits per heavy atom. The standard InChI is InChI=1S/C21H24N2O3S/c24-21(22-20-14-16-11-12-17(20)13-16)15-23(18-7-3-1-4-8-18)27(25,26)19-9-5-2-6-10-19/h1-10,16-17,20H,11-15H2,(H,22,24)/t16-,17+,20-/m0/s1. The van der Waals surface area contributed by atoms with E-state index >= 15 is 0 Å². The first-order valence-electron chi connectivity index (χ1n) is 9.46. The lowest BCUT2D eigenvalue weighted by atomic mass is 9.95. The van der Waals surface area contributed by atoms with Crippen LogP contribution in [0.5, 0.6) is 0 Å². The van der Waals surface area contributed by atoms with Gasteiger partial charge in [0.05, 0.1) is 10.6 Å². The summed E-state index contributed by atoms with van der Waals surface area (Å²) in [5.74, 6) is 1.03. The van der Waals surface area contributed by atoms with E-state index in [1.807, 2.05) is 6.07 Å². The number of hydrogen-bond donors (Lipinski definition) is 1. The third kappa shape index (κ3) is 3.72. The number of fused-ring (bicyclic) bond motifs is 2. The van der Waals surface area contributed by atoms with Gasteiger partial charge in [0.1, 0.15) is 6.54 Å². The first-order valence-corrected chi connectivity index (χ1v) is 10.9. The summed E-state index contributed by atoms with van der Waals surface area (Å²) >= 11 is 0. The van der Waals surface area contributed by atoms with Gasteiger partial charge in [-0.15, -0.1) is 0 Å². The highest BCUT2D eigenvalue weighted by atomic mass is 32.2. The minimum atomic E-state index is -3.82. The maximum absolute atomic E-state index is 13.2. The van der Waals surface area contributed by atoms with Crippen molar-refractivity contribution in [3.8, 4) is 0 Å². The van der Waals surface area contributed by atoms with Gasteiger partial charge < -0.3 is 5.32 Å². The van der Waals surface area contributed by atoms with Crippen LogP contribution in [0.25, 0.3) is 0 Å². The summed E-state index contributed by atoms with van der Waals surface area (Å²) in [6.07, 6.45) is 4.64. The highest BCUT2D eigenvalue weighted by Gasteiger charge is 2.40. The largest absolute Gasteiger partial charge is 0.352 e. The third-order valence-corrected chi connectivity index (χ3v) is 7.54. The number of nitrogens with zero attached hydrogens (tertiary/aromatic N) is 1. The normalized spacial score (nSPS) is 23.9. The Hall–Kier alpha value is -2.34. The second-order valence-corrected chi connectivity index (χ2v) is 9.37. The quantitative estimate of drug-likeness (QED) is 0.832. The van der Waals surface area contributed by atoms with Gasteiger partial charge >= 0.3 is 0 Å². The molecule has 0 saturated heterocycles. The van der Waals surface area contributed by atoms with Gasteiger partial charge in [-0.25, -0.2) is 8.42 Å². The van der Waals surface area contributed by atoms with Gasteiger partial charge in [-0.2, -0.15) is 0 Å². The molecule has 2 fully saturated rings. The highest BCUT2D eigenvalue weighted by molar-refractivity contribution is 7.92. The zero-order valence-corrected chi connectivity index (χ0v) is 15.9. The van der Waals surface area contributed by atoms with Crippen LogP contribution in [-0.4, -0.2) is 26.9 Å². The van der Waals surface area contributed by atoms with Crippen LogP contribution in [0.3, 0.4) is 0 Å². The molecule has 1 amide bonds. The topological polar surface area (TPSA) is 66.5 Å². The summed E-state index contributed by atoms with van der Waals surface area (Å²) in [5.41, 5.74) is 0.490. The minimum Gasteiger partial charge on any atom is -0.352 e. The third-order valence-electron chi connectivity index (χ3n) is 5.75. The fourth-order valence-electron chi connectivity index (χ4n) is 4.43. The van der Waals surface area contributed by atoms with Crippen LogP contribution in [0.2, 0.25) is 0 Å². The van der Waals surface area contributed by atoms with Crippen molar-refractivity contribution in [3.05, 3.63) is 60.7 Å². The molecule has 27 heavy (non-hydrogen) atoms. The molecule has 142 valence electrons. The van der Waals surface area contributed by atoms with Crippen LogP contribution in [0.1, 0.15) is 25.7 Å². The van der Waals surface area contributed by atoms with Crippen molar-refractivity contribution < 1.29 is 13.2 Å². The number of carbonyl (C=O) groups excluding carboxylic acids is 1. The van der Waals surface area contributed by atoms with E-state index in [4.69, 9.17) is 0 Å². The van der Waals surface area contributed by atoms with Crippen LogP contribution in [-0.2, 0) is 14.8 Å². The Morgan fingerprint density at radius 1 is 0.963 bits per heavy atom. The van der Waals surface area contributed by atoms with Crippen LogP contribution in [0, 0.1) is 11.8 Å². The molecule has 2 aliphatic rings. The fourth-order valence-corrected chi connectivity index (χ4v) is 5.88. The molecule has 0 spiro atoms. The zero-order chi connectivity index (χ0) is 18.9. The lowest BCUT2D eigenvalue weighted by Gasteiger charge is -2.27. The Balaban J connectivity index is 1.56. The molecule has 6 heteroatoms. The van der Waals surface area contributed by atoms with Crippen LogP contribution >= 0.6 is 0 Å². The number of sulfonamides is 1. The minimum absolute atomic E-state index is 0.182. The molecule has 2 saturated carbocycles. The molecule has 5 nitrogen and oxygen atoms in total. The average Bonchev–Trinajstić information content (AvgIpc) is 3.30. The number of rotatable bonds is 6. The van der Waals surface area contributed by atoms with Crippen molar-refractivity contribution in [3.63, 3.8) is 0 Å². The van der Waals surface area contributed by atoms with Crippen molar-refractivity contribution in [2.24, 2.45) is 11.8 Å². The molecule has 0 unspecified atom stereocenters. The van der Waals surface area contributed by atoms with E-state index in [0.29, 0.717) is 11.6 Å². The van der Waals surface area contributed by atoms with Crippen LogP contribution in [0.4, 0.5) is 5.69 Å². The van der Waals surface area contributed by atoms with Gasteiger partial charge in [-0.3, -0.25) is 9.10 Å². The van der Waals surface area contributed by atoms with E-state index in [1.54, 1.807) is 54.6 Å². The van der Waals surface area contributed by atoms with E-state index in [-0.39, 0.29) is 23.4 Å². The Morgan fingerprint density at radius 2 is 1.63 bits per heavy atom. The summed E-state index contributed by atoms with van der Waals surface area (Å²) in [7, 11) is -3.82. The number of anilines is 1. The molecular formula is C21H24N2O3S. The first-order chi connectivity index (χ1) is 13.0. The van der Waals surface area contributed by atoms with Crippen molar-refractivity contribution in [2.45, 2.75) is 36.6 Å². The van der Waals surface area contributed by atoms with Gasteiger partial charge in [0.2, 0.25) is 5.91 Å². The molecule has 3 atom stereocenters. The predicted molar refractivity (Wildman–Crippen MR) is 105 cm³/mol. The number of para-hydroxylation sites is 1. The molecule has 2 aromatic rings. The molecule has 0 aliphatic heterocycles. The van der Waals surface area contributed by atoms with Gasteiger partial charge in [0, 0.05) is 6.04 Å². The maximum Gasteiger partial charge on any atom is 0.264 e. The summed E-state index contributed by atoms with van der Waals surface area (Å²) in [6.45, 7) is -0.213. The monoisotopic (exact) mass is 384 g/mol. The first kappa shape index (κ1) is 18.0. The van der Waals surface area contributed by atoms with Crippen LogP contribution < -0.4 is 9.62 Å². The molecule has 0 radical (unpaired) electrons. The Kier molecular flexibility index (Phi) is 4.91. The zero-order valence-electron chi connectivity index (χ0n) is 15.1. The maximum atomic E-state index is 13.2. The van der Waals surface area contributed by atoms with E-state index in [1.165, 1.54) is 23.6 Å². The predicted octanol–water partition coefficient (Wildman–Crippen LogP) is 3.19. The molecule has 2 aromatic carbocycles. The summed E-state index contributed by atoms with van der Waals surface area (Å²) in [5, 5.41) is 3.09. The summed E-state index contributed by atoms with van der Waals surface area (Å²) < 4.78 is 27.6. The molecule has 1 N–H and O–H groups in total. The second-order valence-electron chi connectivity index (χ2n) is 7.51. The van der Waals surface area contributed by atoms with E-state index in [9.17, 15) is 13.2 Å². The van der Waals surface area contributed by atoms with Crippen molar-refractivity contribution in [1.29, 1.82) is 0 Å². The van der Waals surface area contributed by atoms with E-state index in [2.05, 4.69) is 5.32 Å². The second kappa shape index (κ2) is 7.35. The van der Waals surface area contributed by atoms with Crippen molar-refractivity contribution >= 4 is 21.6 Å². The molecule has 0 heterocycles.